The fourth-order valence-electron chi connectivity index (χ4n) is 4.30. The van der Waals surface area contributed by atoms with Crippen LogP contribution in [0.4, 0.5) is 0 Å². The Labute approximate surface area is 243 Å². The molecule has 0 radical (unpaired) electrons. The molecule has 0 aromatic carbocycles. The summed E-state index contributed by atoms with van der Waals surface area (Å²) < 4.78 is 1.88. The van der Waals surface area contributed by atoms with E-state index in [-0.39, 0.29) is 0 Å². The first-order valence-corrected chi connectivity index (χ1v) is 15.7. The van der Waals surface area contributed by atoms with E-state index in [1.165, 1.54) is 96.3 Å². The van der Waals surface area contributed by atoms with Gasteiger partial charge in [-0.25, -0.2) is 0 Å². The molecule has 0 bridgehead atoms. The highest BCUT2D eigenvalue weighted by atomic mass is 16.9. The molecule has 0 saturated carbocycles. The first-order chi connectivity index (χ1) is 18.4. The van der Waals surface area contributed by atoms with Gasteiger partial charge in [0.1, 0.15) is 13.1 Å². The van der Waals surface area contributed by atoms with Gasteiger partial charge in [0.25, 0.3) is 0 Å². The minimum absolute atomic E-state index is 0.299. The molecule has 0 aliphatic heterocycles. The number of quaternary nitrogens is 2. The van der Waals surface area contributed by atoms with E-state index < -0.39 is 5.09 Å². The fraction of sp³-hybridized carbons (Fsp3) is 1.00. The maximum absolute atomic E-state index is 8.61. The van der Waals surface area contributed by atoms with Gasteiger partial charge in [-0.15, -0.1) is 0 Å². The zero-order valence-electron chi connectivity index (χ0n) is 27.2. The van der Waals surface area contributed by atoms with Crippen LogP contribution in [0.3, 0.4) is 0 Å². The molecule has 3 N–H and O–H groups in total. The van der Waals surface area contributed by atoms with Crippen molar-refractivity contribution in [2.24, 2.45) is 0 Å². The third-order valence-corrected chi connectivity index (χ3v) is 6.60. The summed E-state index contributed by atoms with van der Waals surface area (Å²) in [5.41, 5.74) is 7.06. The Balaban J connectivity index is -0.000000236. The number of likely N-dealkylation sites (N-methyl/N-ethyl adjacent to an activating group) is 2. The maximum atomic E-state index is 8.61. The number of hydrogen-bond donors (Lipinski definition) is 2. The predicted molar refractivity (Wildman–Crippen MR) is 168 cm³/mol. The lowest BCUT2D eigenvalue weighted by atomic mass is 10.0. The number of nitrogens with one attached hydrogen (secondary N) is 1. The van der Waals surface area contributed by atoms with E-state index in [1.807, 2.05) is 0 Å². The summed E-state index contributed by atoms with van der Waals surface area (Å²) in [5.74, 6) is 0. The van der Waals surface area contributed by atoms with E-state index in [4.69, 9.17) is 31.3 Å². The highest BCUT2D eigenvalue weighted by molar-refractivity contribution is 4.52. The SMILES string of the molecule is CCCCCCCCCCCCCCCC[NH-].CCC[N+](C)(C)CCO.CCC[N+](C)(C)CCO.O=[N+]([O-])[O-]. The summed E-state index contributed by atoms with van der Waals surface area (Å²) >= 11 is 0. The molecular formula is C30H70N4O5. The second kappa shape index (κ2) is 35.0. The summed E-state index contributed by atoms with van der Waals surface area (Å²) in [4.78, 5) is 8.25. The normalized spacial score (nSPS) is 10.9. The Hall–Kier alpha value is -1.00. The van der Waals surface area contributed by atoms with Crippen LogP contribution >= 0.6 is 0 Å². The maximum Gasteiger partial charge on any atom is 0.102 e. The summed E-state index contributed by atoms with van der Waals surface area (Å²) in [6, 6.07) is 0. The van der Waals surface area contributed by atoms with Crippen molar-refractivity contribution >= 4 is 0 Å². The summed E-state index contributed by atoms with van der Waals surface area (Å²) in [7, 11) is 8.55. The van der Waals surface area contributed by atoms with Crippen LogP contribution in [0, 0.1) is 15.3 Å². The van der Waals surface area contributed by atoms with Crippen LogP contribution in [0.25, 0.3) is 5.73 Å². The van der Waals surface area contributed by atoms with Gasteiger partial charge in [0.05, 0.1) is 59.6 Å². The Kier molecular flexibility index (Phi) is 40.4. The molecule has 0 aliphatic carbocycles. The van der Waals surface area contributed by atoms with Crippen LogP contribution in [-0.4, -0.2) is 98.4 Å². The van der Waals surface area contributed by atoms with Gasteiger partial charge in [0.15, 0.2) is 0 Å². The number of aliphatic hydroxyl groups excluding tert-OH is 2. The van der Waals surface area contributed by atoms with Crippen molar-refractivity contribution in [3.05, 3.63) is 21.1 Å². The van der Waals surface area contributed by atoms with E-state index in [9.17, 15) is 0 Å². The summed E-state index contributed by atoms with van der Waals surface area (Å²) in [6.07, 6.45) is 21.9. The van der Waals surface area contributed by atoms with Crippen LogP contribution in [0.1, 0.15) is 124 Å². The Morgan fingerprint density at radius 3 is 1.00 bits per heavy atom. The molecule has 0 heterocycles. The van der Waals surface area contributed by atoms with Crippen LogP contribution < -0.4 is 0 Å². The van der Waals surface area contributed by atoms with Gasteiger partial charge in [0.2, 0.25) is 0 Å². The van der Waals surface area contributed by atoms with E-state index in [2.05, 4.69) is 49.0 Å². The lowest BCUT2D eigenvalue weighted by molar-refractivity contribution is -0.890. The number of aliphatic hydroxyl groups is 2. The lowest BCUT2D eigenvalue weighted by Gasteiger charge is -2.28. The van der Waals surface area contributed by atoms with Gasteiger partial charge >= 0.3 is 0 Å². The predicted octanol–water partition coefficient (Wildman–Crippen LogP) is 7.21. The van der Waals surface area contributed by atoms with Crippen LogP contribution in [0.15, 0.2) is 0 Å². The lowest BCUT2D eigenvalue weighted by Crippen LogP contribution is -2.42. The number of hydrogen-bond acceptors (Lipinski definition) is 5. The highest BCUT2D eigenvalue weighted by Crippen LogP contribution is 2.12. The van der Waals surface area contributed by atoms with Crippen molar-refractivity contribution in [3.8, 4) is 0 Å². The molecule has 39 heavy (non-hydrogen) atoms. The number of rotatable bonds is 22. The van der Waals surface area contributed by atoms with Crippen molar-refractivity contribution in [2.45, 2.75) is 124 Å². The van der Waals surface area contributed by atoms with Crippen molar-refractivity contribution < 1.29 is 24.3 Å². The van der Waals surface area contributed by atoms with Gasteiger partial charge in [-0.1, -0.05) is 111 Å². The van der Waals surface area contributed by atoms with Crippen LogP contribution in [0.5, 0.6) is 0 Å². The molecule has 0 unspecified atom stereocenters. The van der Waals surface area contributed by atoms with E-state index in [0.29, 0.717) is 19.8 Å². The fourth-order valence-corrected chi connectivity index (χ4v) is 4.30. The van der Waals surface area contributed by atoms with Gasteiger partial charge in [-0.2, -0.15) is 6.54 Å². The monoisotopic (exact) mass is 567 g/mol. The Morgan fingerprint density at radius 2 is 0.795 bits per heavy atom. The first-order valence-electron chi connectivity index (χ1n) is 15.7. The van der Waals surface area contributed by atoms with Crippen molar-refractivity contribution in [2.75, 3.05) is 74.1 Å². The second-order valence-corrected chi connectivity index (χ2v) is 11.8. The van der Waals surface area contributed by atoms with E-state index in [0.717, 1.165) is 41.6 Å². The summed E-state index contributed by atoms with van der Waals surface area (Å²) in [5, 5.41) is 32.0. The molecule has 9 heteroatoms. The van der Waals surface area contributed by atoms with Crippen LogP contribution in [0.2, 0.25) is 0 Å². The average molecular weight is 567 g/mol. The summed E-state index contributed by atoms with van der Waals surface area (Å²) in [6.45, 7) is 11.9. The molecule has 0 spiro atoms. The van der Waals surface area contributed by atoms with E-state index >= 15 is 0 Å². The molecule has 0 aromatic heterocycles. The molecule has 0 aromatic rings. The topological polar surface area (TPSA) is 130 Å². The molecule has 0 aliphatic rings. The van der Waals surface area contributed by atoms with Gasteiger partial charge in [0, 0.05) is 0 Å². The molecule has 0 saturated heterocycles. The van der Waals surface area contributed by atoms with Gasteiger partial charge in [-0.05, 0) is 12.8 Å². The molecule has 0 fully saturated rings. The molecule has 9 nitrogen and oxygen atoms in total. The van der Waals surface area contributed by atoms with Crippen LogP contribution in [-0.2, 0) is 0 Å². The number of nitrogens with zero attached hydrogens (tertiary/aromatic N) is 3. The largest absolute Gasteiger partial charge is 0.677 e. The van der Waals surface area contributed by atoms with Crippen molar-refractivity contribution in [1.82, 2.24) is 0 Å². The molecule has 0 atom stereocenters. The molecule has 240 valence electrons. The van der Waals surface area contributed by atoms with E-state index in [1.54, 1.807) is 0 Å². The number of unbranched alkanes of at least 4 members (excludes halogenated alkanes) is 13. The standard InChI is InChI=1S/C16H34N.2C7H18NO.NO3/c1-2-3-4-5-6-7-8-9-10-11-12-13-14-15-16-17;2*1-4-5-8(2,3)6-7-9;2-1(3)4/h17H,2-16H2,1H3;2*9H,4-7H2,1-3H3;/q-1;2*+1;-1. The zero-order valence-corrected chi connectivity index (χ0v) is 27.2. The molecule has 0 amide bonds. The Bertz CT molecular complexity index is 413. The third-order valence-electron chi connectivity index (χ3n) is 6.60. The highest BCUT2D eigenvalue weighted by Gasteiger charge is 2.11. The second-order valence-electron chi connectivity index (χ2n) is 11.8. The minimum Gasteiger partial charge on any atom is -0.677 e. The molecular weight excluding hydrogens is 496 g/mol. The van der Waals surface area contributed by atoms with Crippen molar-refractivity contribution in [3.63, 3.8) is 0 Å². The smallest absolute Gasteiger partial charge is 0.102 e. The van der Waals surface area contributed by atoms with Crippen molar-refractivity contribution in [1.29, 1.82) is 0 Å². The van der Waals surface area contributed by atoms with Gasteiger partial charge in [-0.3, -0.25) is 0 Å². The molecule has 0 rings (SSSR count). The Morgan fingerprint density at radius 1 is 0.538 bits per heavy atom. The third kappa shape index (κ3) is 53.9. The average Bonchev–Trinajstić information content (AvgIpc) is 2.82. The zero-order chi connectivity index (χ0) is 30.8. The minimum atomic E-state index is -1.75. The van der Waals surface area contributed by atoms with Gasteiger partial charge < -0.3 is 40.2 Å². The first kappa shape index (κ1) is 45.0. The quantitative estimate of drug-likeness (QED) is 0.0618.